The van der Waals surface area contributed by atoms with Gasteiger partial charge in [0.05, 0.1) is 40.7 Å². The van der Waals surface area contributed by atoms with Gasteiger partial charge in [0, 0.05) is 6.20 Å². The zero-order chi connectivity index (χ0) is 30.1. The number of aliphatic hydroxyl groups excluding tert-OH is 1. The van der Waals surface area contributed by atoms with E-state index < -0.39 is 17.7 Å². The number of unbranched alkanes of at least 4 members (excludes halogenated alkanes) is 2. The first kappa shape index (κ1) is 28.4. The first-order chi connectivity index (χ1) is 20.9. The Labute approximate surface area is 253 Å². The van der Waals surface area contributed by atoms with Gasteiger partial charge in [-0.2, -0.15) is 0 Å². The van der Waals surface area contributed by atoms with E-state index in [0.717, 1.165) is 24.0 Å². The standard InChI is InChI=1S/C33H32N4O5S/c1-4-6-9-18-42-22-13-11-21(12-14-22)29-27(30(38)28-20(3)34-26-10-7-8-17-36(26)28)31(39)32(40)37(29)33-35-24-16-15-23(41-5-2)19-25(24)43-33/h7-8,10-17,19,29,38H,4-6,9,18H2,1-3H3. The SMILES string of the molecule is CCCCCOc1ccc(C2C(=C(O)c3c(C)nc4ccccn34)C(=O)C(=O)N2c2nc3ccc(OCC)cc3s2)cc1. The van der Waals surface area contributed by atoms with Crippen LogP contribution >= 0.6 is 11.3 Å². The summed E-state index contributed by atoms with van der Waals surface area (Å²) in [5, 5.41) is 12.1. The number of anilines is 1. The number of fused-ring (bicyclic) bond motifs is 2. The number of imidazole rings is 1. The highest BCUT2D eigenvalue weighted by Crippen LogP contribution is 2.45. The lowest BCUT2D eigenvalue weighted by molar-refractivity contribution is -0.132. The summed E-state index contributed by atoms with van der Waals surface area (Å²) in [6.07, 6.45) is 4.91. The largest absolute Gasteiger partial charge is 0.505 e. The number of pyridine rings is 1. The maximum Gasteiger partial charge on any atom is 0.301 e. The molecule has 5 aromatic rings. The molecular formula is C33H32N4O5S. The number of hydrogen-bond acceptors (Lipinski definition) is 8. The summed E-state index contributed by atoms with van der Waals surface area (Å²) in [6.45, 7) is 6.94. The molecule has 0 spiro atoms. The van der Waals surface area contributed by atoms with Crippen LogP contribution in [0, 0.1) is 6.92 Å². The first-order valence-electron chi connectivity index (χ1n) is 14.4. The van der Waals surface area contributed by atoms with Gasteiger partial charge in [0.25, 0.3) is 5.78 Å². The van der Waals surface area contributed by atoms with Gasteiger partial charge in [-0.25, -0.2) is 9.97 Å². The lowest BCUT2D eigenvalue weighted by Crippen LogP contribution is -2.29. The van der Waals surface area contributed by atoms with Crippen molar-refractivity contribution in [3.05, 3.63) is 89.4 Å². The molecule has 43 heavy (non-hydrogen) atoms. The minimum absolute atomic E-state index is 0.0235. The van der Waals surface area contributed by atoms with Crippen LogP contribution in [0.4, 0.5) is 5.13 Å². The topological polar surface area (TPSA) is 106 Å². The van der Waals surface area contributed by atoms with Gasteiger partial charge in [-0.1, -0.05) is 49.3 Å². The number of thiazole rings is 1. The molecule has 4 heterocycles. The Bertz CT molecular complexity index is 1860. The molecule has 220 valence electrons. The quantitative estimate of drug-likeness (QED) is 0.0814. The molecule has 0 radical (unpaired) electrons. The monoisotopic (exact) mass is 596 g/mol. The number of Topliss-reactive ketones (excluding diaryl/α,β-unsaturated/α-hetero) is 1. The average molecular weight is 597 g/mol. The van der Waals surface area contributed by atoms with E-state index in [4.69, 9.17) is 14.5 Å². The van der Waals surface area contributed by atoms with Crippen LogP contribution in [0.25, 0.3) is 21.6 Å². The fourth-order valence-electron chi connectivity index (χ4n) is 5.41. The van der Waals surface area contributed by atoms with Crippen LogP contribution in [-0.2, 0) is 9.59 Å². The van der Waals surface area contributed by atoms with Gasteiger partial charge in [0.1, 0.15) is 22.8 Å². The van der Waals surface area contributed by atoms with Crippen molar-refractivity contribution in [3.63, 3.8) is 0 Å². The smallest absolute Gasteiger partial charge is 0.301 e. The van der Waals surface area contributed by atoms with Crippen LogP contribution in [0.2, 0.25) is 0 Å². The summed E-state index contributed by atoms with van der Waals surface area (Å²) in [6, 6.07) is 17.4. The number of carbonyl (C=O) groups is 2. The van der Waals surface area contributed by atoms with E-state index in [1.807, 2.05) is 67.6 Å². The molecule has 1 aliphatic rings. The molecule has 10 heteroatoms. The van der Waals surface area contributed by atoms with Crippen molar-refractivity contribution in [2.75, 3.05) is 18.1 Å². The predicted molar refractivity (Wildman–Crippen MR) is 167 cm³/mol. The van der Waals surface area contributed by atoms with E-state index in [2.05, 4.69) is 11.9 Å². The summed E-state index contributed by atoms with van der Waals surface area (Å²) < 4.78 is 14.1. The predicted octanol–water partition coefficient (Wildman–Crippen LogP) is 6.85. The fraction of sp³-hybridized carbons (Fsp3) is 0.273. The molecular weight excluding hydrogens is 564 g/mol. The van der Waals surface area contributed by atoms with Crippen LogP contribution < -0.4 is 14.4 Å². The minimum atomic E-state index is -0.922. The van der Waals surface area contributed by atoms with E-state index in [1.54, 1.807) is 17.5 Å². The van der Waals surface area contributed by atoms with Crippen molar-refractivity contribution in [1.29, 1.82) is 0 Å². The lowest BCUT2D eigenvalue weighted by Gasteiger charge is -2.23. The number of hydrogen-bond donors (Lipinski definition) is 1. The molecule has 1 unspecified atom stereocenters. The number of rotatable bonds is 10. The Balaban J connectivity index is 1.48. The highest BCUT2D eigenvalue weighted by atomic mass is 32.1. The molecule has 1 saturated heterocycles. The van der Waals surface area contributed by atoms with E-state index in [-0.39, 0.29) is 11.3 Å². The van der Waals surface area contributed by atoms with Crippen molar-refractivity contribution in [2.24, 2.45) is 0 Å². The van der Waals surface area contributed by atoms with Crippen LogP contribution in [-0.4, -0.2) is 44.4 Å². The van der Waals surface area contributed by atoms with Gasteiger partial charge >= 0.3 is 5.91 Å². The maximum absolute atomic E-state index is 13.8. The van der Waals surface area contributed by atoms with Crippen LogP contribution in [0.5, 0.6) is 11.5 Å². The summed E-state index contributed by atoms with van der Waals surface area (Å²) >= 11 is 1.29. The van der Waals surface area contributed by atoms with E-state index in [9.17, 15) is 14.7 Å². The number of ether oxygens (including phenoxy) is 2. The molecule has 1 aliphatic heterocycles. The number of carbonyl (C=O) groups excluding carboxylic acids is 2. The minimum Gasteiger partial charge on any atom is -0.505 e. The van der Waals surface area contributed by atoms with E-state index in [1.165, 1.54) is 16.2 Å². The number of amides is 1. The summed E-state index contributed by atoms with van der Waals surface area (Å²) in [7, 11) is 0. The molecule has 1 N–H and O–H groups in total. The molecule has 0 aliphatic carbocycles. The summed E-state index contributed by atoms with van der Waals surface area (Å²) in [5.74, 6) is -0.454. The number of nitrogens with zero attached hydrogens (tertiary/aromatic N) is 4. The van der Waals surface area contributed by atoms with E-state index in [0.29, 0.717) is 58.0 Å². The molecule has 2 aromatic carbocycles. The molecule has 6 rings (SSSR count). The normalized spacial score (nSPS) is 16.4. The molecule has 1 fully saturated rings. The fourth-order valence-corrected chi connectivity index (χ4v) is 6.43. The lowest BCUT2D eigenvalue weighted by atomic mass is 9.96. The van der Waals surface area contributed by atoms with Crippen LogP contribution in [0.1, 0.15) is 56.1 Å². The maximum atomic E-state index is 13.8. The van der Waals surface area contributed by atoms with Crippen LogP contribution in [0.15, 0.2) is 72.4 Å². The Morgan fingerprint density at radius 3 is 2.53 bits per heavy atom. The number of aliphatic hydroxyl groups is 1. The first-order valence-corrected chi connectivity index (χ1v) is 15.2. The molecule has 0 saturated carbocycles. The average Bonchev–Trinajstić information content (AvgIpc) is 3.66. The third kappa shape index (κ3) is 5.23. The zero-order valence-electron chi connectivity index (χ0n) is 24.2. The highest BCUT2D eigenvalue weighted by molar-refractivity contribution is 7.22. The highest BCUT2D eigenvalue weighted by Gasteiger charge is 2.48. The van der Waals surface area contributed by atoms with Gasteiger partial charge in [0.2, 0.25) is 0 Å². The Hall–Kier alpha value is -4.70. The van der Waals surface area contributed by atoms with Crippen LogP contribution in [0.3, 0.4) is 0 Å². The Morgan fingerprint density at radius 2 is 1.77 bits per heavy atom. The Kier molecular flexibility index (Phi) is 7.86. The molecule has 9 nitrogen and oxygen atoms in total. The summed E-state index contributed by atoms with van der Waals surface area (Å²) in [4.78, 5) is 38.2. The van der Waals surface area contributed by atoms with Gasteiger partial charge in [-0.15, -0.1) is 0 Å². The van der Waals surface area contributed by atoms with Crippen molar-refractivity contribution < 1.29 is 24.2 Å². The number of aromatic nitrogens is 3. The van der Waals surface area contributed by atoms with Gasteiger partial charge in [-0.3, -0.25) is 18.9 Å². The second-order valence-electron chi connectivity index (χ2n) is 10.3. The van der Waals surface area contributed by atoms with E-state index >= 15 is 0 Å². The Morgan fingerprint density at radius 1 is 0.977 bits per heavy atom. The zero-order valence-corrected chi connectivity index (χ0v) is 25.1. The third-order valence-corrected chi connectivity index (χ3v) is 8.47. The third-order valence-electron chi connectivity index (χ3n) is 7.45. The van der Waals surface area contributed by atoms with Crippen molar-refractivity contribution in [3.8, 4) is 11.5 Å². The summed E-state index contributed by atoms with van der Waals surface area (Å²) in [5.41, 5.74) is 2.81. The molecule has 1 atom stereocenters. The second kappa shape index (κ2) is 11.9. The number of aryl methyl sites for hydroxylation is 1. The van der Waals surface area contributed by atoms with Crippen molar-refractivity contribution >= 4 is 49.8 Å². The van der Waals surface area contributed by atoms with Crippen molar-refractivity contribution in [1.82, 2.24) is 14.4 Å². The molecule has 0 bridgehead atoms. The number of benzene rings is 2. The van der Waals surface area contributed by atoms with Gasteiger partial charge < -0.3 is 14.6 Å². The second-order valence-corrected chi connectivity index (χ2v) is 11.3. The molecule has 1 amide bonds. The molecule has 3 aromatic heterocycles. The van der Waals surface area contributed by atoms with Gasteiger partial charge in [0.15, 0.2) is 10.9 Å². The van der Waals surface area contributed by atoms with Gasteiger partial charge in [-0.05, 0) is 68.3 Å². The number of ketones is 1. The van der Waals surface area contributed by atoms with Crippen molar-refractivity contribution in [2.45, 2.75) is 46.1 Å².